The first kappa shape index (κ1) is 21.9. The van der Waals surface area contributed by atoms with Gasteiger partial charge in [0, 0.05) is 62.4 Å². The van der Waals surface area contributed by atoms with Crippen molar-refractivity contribution in [3.63, 3.8) is 0 Å². The van der Waals surface area contributed by atoms with Crippen LogP contribution in [0.2, 0.25) is 0 Å². The maximum absolute atomic E-state index is 13.5. The molecule has 1 atom stereocenters. The number of piperazine rings is 1. The quantitative estimate of drug-likeness (QED) is 0.548. The minimum atomic E-state index is -0.494. The van der Waals surface area contributed by atoms with Crippen LogP contribution in [-0.4, -0.2) is 55.9 Å². The van der Waals surface area contributed by atoms with Crippen molar-refractivity contribution < 1.29 is 18.3 Å². The lowest BCUT2D eigenvalue weighted by molar-refractivity contribution is -0.0870. The van der Waals surface area contributed by atoms with Crippen molar-refractivity contribution in [1.82, 2.24) is 4.90 Å². The maximum Gasteiger partial charge on any atom is 0.336 e. The van der Waals surface area contributed by atoms with Crippen LogP contribution in [0.1, 0.15) is 19.4 Å². The van der Waals surface area contributed by atoms with Crippen LogP contribution in [0.25, 0.3) is 11.0 Å². The average Bonchev–Trinajstić information content (AvgIpc) is 2.78. The molecule has 2 aliphatic heterocycles. The number of halogens is 1. The molecule has 174 valence electrons. The normalized spacial score (nSPS) is 20.5. The summed E-state index contributed by atoms with van der Waals surface area (Å²) in [5, 5.41) is 0.881. The Morgan fingerprint density at radius 1 is 1.09 bits per heavy atom. The zero-order valence-corrected chi connectivity index (χ0v) is 19.1. The van der Waals surface area contributed by atoms with Crippen molar-refractivity contribution in [2.75, 3.05) is 44.2 Å². The molecule has 5 rings (SSSR count). The van der Waals surface area contributed by atoms with Gasteiger partial charge in [0.2, 0.25) is 0 Å². The predicted octanol–water partition coefficient (Wildman–Crippen LogP) is 3.85. The summed E-state index contributed by atoms with van der Waals surface area (Å²) < 4.78 is 31.4. The van der Waals surface area contributed by atoms with Gasteiger partial charge in [0.1, 0.15) is 28.9 Å². The summed E-state index contributed by atoms with van der Waals surface area (Å²) in [6.07, 6.45) is 0.664. The van der Waals surface area contributed by atoms with Gasteiger partial charge in [-0.1, -0.05) is 6.07 Å². The Balaban J connectivity index is 1.17. The molecule has 0 bridgehead atoms. The molecule has 2 aliphatic rings. The first-order valence-corrected chi connectivity index (χ1v) is 11.5. The lowest BCUT2D eigenvalue weighted by Gasteiger charge is -2.40. The molecule has 1 saturated heterocycles. The SMILES string of the molecule is CC1(C)Oc2cc3oc(=O)ccc3cc2C[C@@H]1OCCN1CCN(c2cccc(F)c2)CC1. The van der Waals surface area contributed by atoms with Gasteiger partial charge in [-0.25, -0.2) is 9.18 Å². The van der Waals surface area contributed by atoms with E-state index in [0.29, 0.717) is 12.2 Å². The Morgan fingerprint density at radius 3 is 2.70 bits per heavy atom. The van der Waals surface area contributed by atoms with Crippen LogP contribution < -0.4 is 15.3 Å². The molecule has 0 saturated carbocycles. The topological polar surface area (TPSA) is 55.2 Å². The van der Waals surface area contributed by atoms with E-state index in [1.54, 1.807) is 18.2 Å². The van der Waals surface area contributed by atoms with E-state index in [1.807, 2.05) is 32.0 Å². The summed E-state index contributed by atoms with van der Waals surface area (Å²) in [4.78, 5) is 16.1. The summed E-state index contributed by atoms with van der Waals surface area (Å²) in [5.74, 6) is 0.551. The molecule has 2 aromatic carbocycles. The number of anilines is 1. The fourth-order valence-electron chi connectivity index (χ4n) is 4.68. The molecule has 0 radical (unpaired) electrons. The van der Waals surface area contributed by atoms with E-state index in [2.05, 4.69) is 9.80 Å². The molecule has 0 N–H and O–H groups in total. The van der Waals surface area contributed by atoms with Gasteiger partial charge in [-0.2, -0.15) is 0 Å². The van der Waals surface area contributed by atoms with Gasteiger partial charge in [-0.05, 0) is 49.7 Å². The smallest absolute Gasteiger partial charge is 0.336 e. The van der Waals surface area contributed by atoms with Crippen molar-refractivity contribution in [3.8, 4) is 5.75 Å². The fraction of sp³-hybridized carbons (Fsp3) is 0.423. The number of nitrogens with zero attached hydrogens (tertiary/aromatic N) is 2. The fourth-order valence-corrected chi connectivity index (χ4v) is 4.68. The Kier molecular flexibility index (Phi) is 5.85. The van der Waals surface area contributed by atoms with Crippen LogP contribution in [0.3, 0.4) is 0 Å². The number of hydrogen-bond acceptors (Lipinski definition) is 6. The summed E-state index contributed by atoms with van der Waals surface area (Å²) in [5.41, 5.74) is 1.68. The second-order valence-electron chi connectivity index (χ2n) is 9.33. The first-order valence-electron chi connectivity index (χ1n) is 11.5. The van der Waals surface area contributed by atoms with Crippen LogP contribution in [-0.2, 0) is 11.2 Å². The van der Waals surface area contributed by atoms with Gasteiger partial charge in [0.25, 0.3) is 0 Å². The molecule has 1 fully saturated rings. The van der Waals surface area contributed by atoms with Gasteiger partial charge in [0.15, 0.2) is 0 Å². The molecule has 3 heterocycles. The molecule has 0 unspecified atom stereocenters. The van der Waals surface area contributed by atoms with Crippen molar-refractivity contribution in [3.05, 3.63) is 70.3 Å². The Hall–Kier alpha value is -2.90. The highest BCUT2D eigenvalue weighted by atomic mass is 19.1. The highest BCUT2D eigenvalue weighted by Gasteiger charge is 2.38. The summed E-state index contributed by atoms with van der Waals surface area (Å²) in [6, 6.07) is 13.8. The number of fused-ring (bicyclic) bond motifs is 2. The molecule has 7 heteroatoms. The largest absolute Gasteiger partial charge is 0.485 e. The monoisotopic (exact) mass is 452 g/mol. The van der Waals surface area contributed by atoms with Gasteiger partial charge >= 0.3 is 5.63 Å². The standard InChI is InChI=1S/C26H29FN2O4/c1-26(2)24(15-19-14-18-6-7-25(30)32-22(18)17-23(19)33-26)31-13-12-28-8-10-29(11-9-28)21-5-3-4-20(27)16-21/h3-7,14,16-17,24H,8-13,15H2,1-2H3/t24-/m0/s1. The van der Waals surface area contributed by atoms with E-state index >= 15 is 0 Å². The number of rotatable bonds is 5. The third kappa shape index (κ3) is 4.75. The lowest BCUT2D eigenvalue weighted by atomic mass is 9.90. The molecular weight excluding hydrogens is 423 g/mol. The minimum absolute atomic E-state index is 0.0771. The highest BCUT2D eigenvalue weighted by molar-refractivity contribution is 5.79. The van der Waals surface area contributed by atoms with E-state index in [-0.39, 0.29) is 17.5 Å². The molecule has 0 amide bonds. The maximum atomic E-state index is 13.5. The van der Waals surface area contributed by atoms with E-state index in [9.17, 15) is 9.18 Å². The second-order valence-corrected chi connectivity index (χ2v) is 9.33. The van der Waals surface area contributed by atoms with Crippen LogP contribution in [0, 0.1) is 5.82 Å². The van der Waals surface area contributed by atoms with Crippen molar-refractivity contribution >= 4 is 16.7 Å². The molecule has 1 aromatic heterocycles. The zero-order chi connectivity index (χ0) is 23.0. The third-order valence-corrected chi connectivity index (χ3v) is 6.63. The van der Waals surface area contributed by atoms with E-state index < -0.39 is 5.60 Å². The average molecular weight is 453 g/mol. The molecule has 0 spiro atoms. The molecule has 6 nitrogen and oxygen atoms in total. The van der Waals surface area contributed by atoms with Crippen molar-refractivity contribution in [2.24, 2.45) is 0 Å². The molecule has 0 aliphatic carbocycles. The second kappa shape index (κ2) is 8.80. The Morgan fingerprint density at radius 2 is 1.91 bits per heavy atom. The van der Waals surface area contributed by atoms with Gasteiger partial charge in [0.05, 0.1) is 6.61 Å². The highest BCUT2D eigenvalue weighted by Crippen LogP contribution is 2.37. The van der Waals surface area contributed by atoms with Crippen molar-refractivity contribution in [2.45, 2.75) is 32.0 Å². The molecular formula is C26H29FN2O4. The lowest BCUT2D eigenvalue weighted by Crippen LogP contribution is -2.50. The molecule has 33 heavy (non-hydrogen) atoms. The number of hydrogen-bond donors (Lipinski definition) is 0. The van der Waals surface area contributed by atoms with Gasteiger partial charge in [-0.15, -0.1) is 0 Å². The van der Waals surface area contributed by atoms with Crippen LogP contribution in [0.4, 0.5) is 10.1 Å². The summed E-state index contributed by atoms with van der Waals surface area (Å²) in [6.45, 7) is 9.12. The predicted molar refractivity (Wildman–Crippen MR) is 126 cm³/mol. The van der Waals surface area contributed by atoms with E-state index in [1.165, 1.54) is 12.1 Å². The third-order valence-electron chi connectivity index (χ3n) is 6.63. The number of benzene rings is 2. The Labute approximate surface area is 192 Å². The van der Waals surface area contributed by atoms with Gasteiger partial charge < -0.3 is 18.8 Å². The van der Waals surface area contributed by atoms with Crippen LogP contribution >= 0.6 is 0 Å². The first-order chi connectivity index (χ1) is 15.9. The van der Waals surface area contributed by atoms with Crippen LogP contribution in [0.15, 0.2) is 57.7 Å². The van der Waals surface area contributed by atoms with Gasteiger partial charge in [-0.3, -0.25) is 4.90 Å². The van der Waals surface area contributed by atoms with E-state index in [4.69, 9.17) is 13.9 Å². The number of ether oxygens (including phenoxy) is 2. The Bertz CT molecular complexity index is 1200. The van der Waals surface area contributed by atoms with E-state index in [0.717, 1.165) is 61.5 Å². The summed E-state index contributed by atoms with van der Waals surface area (Å²) >= 11 is 0. The molecule has 3 aromatic rings. The minimum Gasteiger partial charge on any atom is -0.485 e. The van der Waals surface area contributed by atoms with Crippen LogP contribution in [0.5, 0.6) is 5.75 Å². The zero-order valence-electron chi connectivity index (χ0n) is 19.1. The van der Waals surface area contributed by atoms with Crippen molar-refractivity contribution in [1.29, 1.82) is 0 Å². The summed E-state index contributed by atoms with van der Waals surface area (Å²) in [7, 11) is 0.